The van der Waals surface area contributed by atoms with E-state index >= 15 is 0 Å². The summed E-state index contributed by atoms with van der Waals surface area (Å²) in [5, 5.41) is 3.52. The van der Waals surface area contributed by atoms with Crippen LogP contribution in [0.15, 0.2) is 18.3 Å². The number of rotatable bonds is 3. The Hall–Kier alpha value is -1.58. The third-order valence-corrected chi connectivity index (χ3v) is 3.72. The van der Waals surface area contributed by atoms with Gasteiger partial charge in [0.15, 0.2) is 0 Å². The normalized spacial score (nSPS) is 21.2. The first-order valence-electron chi connectivity index (χ1n) is 6.82. The lowest BCUT2D eigenvalue weighted by Gasteiger charge is -2.19. The topological polar surface area (TPSA) is 45.2 Å². The number of hydrogen-bond acceptors (Lipinski definition) is 3. The molecule has 104 valence electrons. The molecule has 4 nitrogen and oxygen atoms in total. The molecule has 0 aromatic carbocycles. The molecule has 0 saturated heterocycles. The second-order valence-corrected chi connectivity index (χ2v) is 6.38. The summed E-state index contributed by atoms with van der Waals surface area (Å²) in [6, 6.07) is 4.27. The Bertz CT molecular complexity index is 468. The molecular formula is C15H23N3O. The van der Waals surface area contributed by atoms with E-state index in [4.69, 9.17) is 0 Å². The van der Waals surface area contributed by atoms with Crippen molar-refractivity contribution in [2.45, 2.75) is 39.2 Å². The monoisotopic (exact) mass is 261 g/mol. The predicted octanol–water partition coefficient (Wildman–Crippen LogP) is 2.77. The molecule has 1 fully saturated rings. The highest BCUT2D eigenvalue weighted by Gasteiger charge is 2.30. The molecule has 19 heavy (non-hydrogen) atoms. The van der Waals surface area contributed by atoms with Crippen LogP contribution >= 0.6 is 0 Å². The summed E-state index contributed by atoms with van der Waals surface area (Å²) in [4.78, 5) is 17.6. The number of aromatic nitrogens is 1. The van der Waals surface area contributed by atoms with E-state index in [0.29, 0.717) is 17.2 Å². The summed E-state index contributed by atoms with van der Waals surface area (Å²) in [5.41, 5.74) is 1.91. The minimum atomic E-state index is -0.0598. The van der Waals surface area contributed by atoms with Crippen LogP contribution in [0.3, 0.4) is 0 Å². The van der Waals surface area contributed by atoms with Crippen molar-refractivity contribution >= 4 is 11.6 Å². The highest BCUT2D eigenvalue weighted by atomic mass is 16.2. The Morgan fingerprint density at radius 1 is 1.47 bits per heavy atom. The Morgan fingerprint density at radius 2 is 2.21 bits per heavy atom. The maximum Gasteiger partial charge on any atom is 0.272 e. The van der Waals surface area contributed by atoms with E-state index in [1.54, 1.807) is 25.2 Å². The molecule has 0 aliphatic heterocycles. The quantitative estimate of drug-likeness (QED) is 0.910. The van der Waals surface area contributed by atoms with Crippen LogP contribution in [0.1, 0.15) is 43.6 Å². The summed E-state index contributed by atoms with van der Waals surface area (Å²) in [6.07, 6.45) is 5.30. The van der Waals surface area contributed by atoms with Crippen LogP contribution in [0, 0.1) is 5.41 Å². The maximum absolute atomic E-state index is 11.9. The molecule has 0 bridgehead atoms. The molecule has 1 aliphatic carbocycles. The Morgan fingerprint density at radius 3 is 2.79 bits per heavy atom. The van der Waals surface area contributed by atoms with Gasteiger partial charge >= 0.3 is 0 Å². The third-order valence-electron chi connectivity index (χ3n) is 3.72. The predicted molar refractivity (Wildman–Crippen MR) is 77.3 cm³/mol. The van der Waals surface area contributed by atoms with Gasteiger partial charge in [0.05, 0.1) is 0 Å². The number of nitrogens with one attached hydrogen (secondary N) is 1. The summed E-state index contributed by atoms with van der Waals surface area (Å²) in [6.45, 7) is 4.62. The molecule has 1 amide bonds. The molecule has 1 aromatic heterocycles. The first kappa shape index (κ1) is 13.8. The standard InChI is InChI=1S/C15H23N3O/c1-15(2)7-5-12(10-15)17-11-6-8-16-13(9-11)14(19)18(3)4/h6,8-9,12H,5,7,10H2,1-4H3,(H,16,17). The Balaban J connectivity index is 2.06. The van der Waals surface area contributed by atoms with E-state index in [9.17, 15) is 4.79 Å². The molecule has 4 heteroatoms. The van der Waals surface area contributed by atoms with Gasteiger partial charge in [0.1, 0.15) is 5.69 Å². The molecule has 1 heterocycles. The van der Waals surface area contributed by atoms with Crippen LogP contribution in [0.5, 0.6) is 0 Å². The zero-order chi connectivity index (χ0) is 14.0. The lowest BCUT2D eigenvalue weighted by atomic mass is 9.92. The zero-order valence-corrected chi connectivity index (χ0v) is 12.2. The fourth-order valence-electron chi connectivity index (χ4n) is 2.66. The van der Waals surface area contributed by atoms with Gasteiger partial charge in [0, 0.05) is 32.0 Å². The second-order valence-electron chi connectivity index (χ2n) is 6.38. The van der Waals surface area contributed by atoms with Gasteiger partial charge in [-0.25, -0.2) is 0 Å². The van der Waals surface area contributed by atoms with Crippen LogP contribution in [-0.4, -0.2) is 35.9 Å². The van der Waals surface area contributed by atoms with E-state index in [1.807, 2.05) is 12.1 Å². The molecular weight excluding hydrogens is 238 g/mol. The molecule has 2 rings (SSSR count). The van der Waals surface area contributed by atoms with E-state index in [2.05, 4.69) is 24.1 Å². The molecule has 1 N–H and O–H groups in total. The van der Waals surface area contributed by atoms with E-state index in [-0.39, 0.29) is 5.91 Å². The fourth-order valence-corrected chi connectivity index (χ4v) is 2.66. The highest BCUT2D eigenvalue weighted by molar-refractivity contribution is 5.92. The molecule has 1 unspecified atom stereocenters. The van der Waals surface area contributed by atoms with E-state index in [1.165, 1.54) is 19.3 Å². The Kier molecular flexibility index (Phi) is 3.78. The van der Waals surface area contributed by atoms with Crippen LogP contribution in [0.25, 0.3) is 0 Å². The number of carbonyl (C=O) groups is 1. The van der Waals surface area contributed by atoms with Crippen LogP contribution in [-0.2, 0) is 0 Å². The zero-order valence-electron chi connectivity index (χ0n) is 12.2. The number of carbonyl (C=O) groups excluding carboxylic acids is 1. The first-order valence-corrected chi connectivity index (χ1v) is 6.82. The smallest absolute Gasteiger partial charge is 0.272 e. The average molecular weight is 261 g/mol. The molecule has 1 aromatic rings. The number of amides is 1. The molecule has 1 saturated carbocycles. The fraction of sp³-hybridized carbons (Fsp3) is 0.600. The van der Waals surface area contributed by atoms with Crippen molar-refractivity contribution in [2.75, 3.05) is 19.4 Å². The van der Waals surface area contributed by atoms with Gasteiger partial charge in [-0.3, -0.25) is 9.78 Å². The largest absolute Gasteiger partial charge is 0.382 e. The number of anilines is 1. The highest BCUT2D eigenvalue weighted by Crippen LogP contribution is 2.38. The average Bonchev–Trinajstić information content (AvgIpc) is 2.68. The van der Waals surface area contributed by atoms with Crippen molar-refractivity contribution in [3.63, 3.8) is 0 Å². The van der Waals surface area contributed by atoms with Gasteiger partial charge in [0.2, 0.25) is 0 Å². The lowest BCUT2D eigenvalue weighted by molar-refractivity contribution is 0.0822. The van der Waals surface area contributed by atoms with Gasteiger partial charge in [-0.1, -0.05) is 13.8 Å². The van der Waals surface area contributed by atoms with Crippen molar-refractivity contribution in [1.82, 2.24) is 9.88 Å². The van der Waals surface area contributed by atoms with Crippen LogP contribution in [0.2, 0.25) is 0 Å². The van der Waals surface area contributed by atoms with Crippen molar-refractivity contribution in [3.8, 4) is 0 Å². The van der Waals surface area contributed by atoms with Gasteiger partial charge in [-0.2, -0.15) is 0 Å². The van der Waals surface area contributed by atoms with Crippen molar-refractivity contribution in [2.24, 2.45) is 5.41 Å². The van der Waals surface area contributed by atoms with E-state index < -0.39 is 0 Å². The SMILES string of the molecule is CN(C)C(=O)c1cc(NC2CCC(C)(C)C2)ccn1. The number of nitrogens with zero attached hydrogens (tertiary/aromatic N) is 2. The number of pyridine rings is 1. The molecule has 0 spiro atoms. The second kappa shape index (κ2) is 5.19. The summed E-state index contributed by atoms with van der Waals surface area (Å²) < 4.78 is 0. The van der Waals surface area contributed by atoms with Gasteiger partial charge in [-0.05, 0) is 36.8 Å². The lowest BCUT2D eigenvalue weighted by Crippen LogP contribution is -2.23. The van der Waals surface area contributed by atoms with E-state index in [0.717, 1.165) is 5.69 Å². The van der Waals surface area contributed by atoms with Crippen LogP contribution in [0.4, 0.5) is 5.69 Å². The number of hydrogen-bond donors (Lipinski definition) is 1. The third kappa shape index (κ3) is 3.46. The minimum Gasteiger partial charge on any atom is -0.382 e. The molecule has 0 radical (unpaired) electrons. The molecule has 1 atom stereocenters. The van der Waals surface area contributed by atoms with Gasteiger partial charge in [-0.15, -0.1) is 0 Å². The summed E-state index contributed by atoms with van der Waals surface area (Å²) in [5.74, 6) is -0.0598. The first-order chi connectivity index (χ1) is 8.87. The van der Waals surface area contributed by atoms with Crippen LogP contribution < -0.4 is 5.32 Å². The summed E-state index contributed by atoms with van der Waals surface area (Å²) >= 11 is 0. The van der Waals surface area contributed by atoms with Crippen molar-refractivity contribution in [3.05, 3.63) is 24.0 Å². The Labute approximate surface area is 115 Å². The van der Waals surface area contributed by atoms with Gasteiger partial charge in [0.25, 0.3) is 5.91 Å². The maximum atomic E-state index is 11.9. The molecule has 1 aliphatic rings. The van der Waals surface area contributed by atoms with Crippen molar-refractivity contribution in [1.29, 1.82) is 0 Å². The summed E-state index contributed by atoms with van der Waals surface area (Å²) in [7, 11) is 3.48. The van der Waals surface area contributed by atoms with Gasteiger partial charge < -0.3 is 10.2 Å². The minimum absolute atomic E-state index is 0.0598. The van der Waals surface area contributed by atoms with Crippen molar-refractivity contribution < 1.29 is 4.79 Å².